The maximum absolute atomic E-state index is 11.2. The van der Waals surface area contributed by atoms with Crippen LogP contribution in [0.25, 0.3) is 0 Å². The molecule has 1 amide bonds. The largest absolute Gasteiger partial charge is 0.345 e. The SMILES string of the molecule is CC(=O)N(C)CC1(C)CC1c1ccccc1. The third-order valence-electron chi connectivity index (χ3n) is 3.69. The van der Waals surface area contributed by atoms with Crippen molar-refractivity contribution < 1.29 is 4.79 Å². The van der Waals surface area contributed by atoms with Crippen LogP contribution in [0.15, 0.2) is 30.3 Å². The second kappa shape index (κ2) is 3.93. The summed E-state index contributed by atoms with van der Waals surface area (Å²) in [5, 5.41) is 0. The molecule has 0 N–H and O–H groups in total. The van der Waals surface area contributed by atoms with E-state index >= 15 is 0 Å². The van der Waals surface area contributed by atoms with Crippen molar-refractivity contribution in [2.24, 2.45) is 5.41 Å². The van der Waals surface area contributed by atoms with Gasteiger partial charge in [0, 0.05) is 20.5 Å². The molecule has 1 saturated carbocycles. The van der Waals surface area contributed by atoms with Crippen molar-refractivity contribution in [1.29, 1.82) is 0 Å². The summed E-state index contributed by atoms with van der Waals surface area (Å²) < 4.78 is 0. The summed E-state index contributed by atoms with van der Waals surface area (Å²) in [6.07, 6.45) is 1.19. The highest BCUT2D eigenvalue weighted by molar-refractivity contribution is 5.73. The minimum Gasteiger partial charge on any atom is -0.345 e. The average molecular weight is 217 g/mol. The van der Waals surface area contributed by atoms with Crippen LogP contribution >= 0.6 is 0 Å². The molecule has 1 aromatic rings. The fourth-order valence-electron chi connectivity index (χ4n) is 2.44. The fraction of sp³-hybridized carbons (Fsp3) is 0.500. The Kier molecular flexibility index (Phi) is 2.75. The topological polar surface area (TPSA) is 20.3 Å². The van der Waals surface area contributed by atoms with E-state index in [1.54, 1.807) is 6.92 Å². The summed E-state index contributed by atoms with van der Waals surface area (Å²) in [6.45, 7) is 4.76. The van der Waals surface area contributed by atoms with Crippen LogP contribution in [0.4, 0.5) is 0 Å². The lowest BCUT2D eigenvalue weighted by Gasteiger charge is -2.20. The van der Waals surface area contributed by atoms with Crippen molar-refractivity contribution in [3.8, 4) is 0 Å². The predicted octanol–water partition coefficient (Wildman–Crippen LogP) is 2.66. The lowest BCUT2D eigenvalue weighted by atomic mass is 10.0. The van der Waals surface area contributed by atoms with Crippen LogP contribution in [0.5, 0.6) is 0 Å². The molecule has 0 spiro atoms. The zero-order valence-electron chi connectivity index (χ0n) is 10.2. The second-order valence-electron chi connectivity index (χ2n) is 5.20. The monoisotopic (exact) mass is 217 g/mol. The summed E-state index contributed by atoms with van der Waals surface area (Å²) in [5.74, 6) is 0.774. The molecule has 0 heterocycles. The van der Waals surface area contributed by atoms with Crippen molar-refractivity contribution in [1.82, 2.24) is 4.90 Å². The van der Waals surface area contributed by atoms with Crippen LogP contribution < -0.4 is 0 Å². The molecule has 2 unspecified atom stereocenters. The maximum Gasteiger partial charge on any atom is 0.219 e. The van der Waals surface area contributed by atoms with E-state index in [1.807, 2.05) is 18.0 Å². The molecular weight excluding hydrogens is 198 g/mol. The minimum atomic E-state index is 0.153. The molecule has 16 heavy (non-hydrogen) atoms. The number of benzene rings is 1. The van der Waals surface area contributed by atoms with Crippen LogP contribution in [0, 0.1) is 5.41 Å². The van der Waals surface area contributed by atoms with Gasteiger partial charge in [-0.25, -0.2) is 0 Å². The summed E-state index contributed by atoms with van der Waals surface area (Å²) in [6, 6.07) is 10.6. The van der Waals surface area contributed by atoms with Gasteiger partial charge in [-0.3, -0.25) is 4.79 Å². The quantitative estimate of drug-likeness (QED) is 0.762. The van der Waals surface area contributed by atoms with Gasteiger partial charge in [-0.2, -0.15) is 0 Å². The lowest BCUT2D eigenvalue weighted by Crippen LogP contribution is -2.30. The minimum absolute atomic E-state index is 0.153. The van der Waals surface area contributed by atoms with Gasteiger partial charge in [-0.1, -0.05) is 37.3 Å². The van der Waals surface area contributed by atoms with Crippen molar-refractivity contribution in [3.05, 3.63) is 35.9 Å². The highest BCUT2D eigenvalue weighted by atomic mass is 16.2. The lowest BCUT2D eigenvalue weighted by molar-refractivity contribution is -0.128. The number of rotatable bonds is 3. The first-order chi connectivity index (χ1) is 7.53. The van der Waals surface area contributed by atoms with Gasteiger partial charge in [0.15, 0.2) is 0 Å². The van der Waals surface area contributed by atoms with E-state index in [9.17, 15) is 4.79 Å². The van der Waals surface area contributed by atoms with Gasteiger partial charge < -0.3 is 4.90 Å². The Balaban J connectivity index is 2.02. The number of carbonyl (C=O) groups excluding carboxylic acids is 1. The van der Waals surface area contributed by atoms with E-state index < -0.39 is 0 Å². The highest BCUT2D eigenvalue weighted by Crippen LogP contribution is 2.59. The Morgan fingerprint density at radius 3 is 2.62 bits per heavy atom. The third-order valence-corrected chi connectivity index (χ3v) is 3.69. The molecule has 2 heteroatoms. The zero-order chi connectivity index (χ0) is 11.8. The average Bonchev–Trinajstić information content (AvgIpc) is 2.91. The molecule has 0 saturated heterocycles. The van der Waals surface area contributed by atoms with Crippen molar-refractivity contribution in [2.45, 2.75) is 26.2 Å². The molecule has 0 aliphatic heterocycles. The molecule has 2 atom stereocenters. The van der Waals surface area contributed by atoms with Crippen molar-refractivity contribution in [3.63, 3.8) is 0 Å². The maximum atomic E-state index is 11.2. The molecular formula is C14H19NO. The smallest absolute Gasteiger partial charge is 0.219 e. The summed E-state index contributed by atoms with van der Waals surface area (Å²) in [7, 11) is 1.88. The van der Waals surface area contributed by atoms with E-state index in [-0.39, 0.29) is 11.3 Å². The van der Waals surface area contributed by atoms with Gasteiger partial charge in [-0.15, -0.1) is 0 Å². The third kappa shape index (κ3) is 2.11. The molecule has 1 aliphatic rings. The summed E-state index contributed by atoms with van der Waals surface area (Å²) >= 11 is 0. The zero-order valence-corrected chi connectivity index (χ0v) is 10.2. The Bertz CT molecular complexity index is 387. The first-order valence-electron chi connectivity index (χ1n) is 5.79. The second-order valence-corrected chi connectivity index (χ2v) is 5.20. The van der Waals surface area contributed by atoms with E-state index in [4.69, 9.17) is 0 Å². The molecule has 1 fully saturated rings. The molecule has 2 rings (SSSR count). The van der Waals surface area contributed by atoms with Crippen LogP contribution in [-0.2, 0) is 4.79 Å². The number of hydrogen-bond acceptors (Lipinski definition) is 1. The van der Waals surface area contributed by atoms with E-state index in [1.165, 1.54) is 12.0 Å². The number of nitrogens with zero attached hydrogens (tertiary/aromatic N) is 1. The van der Waals surface area contributed by atoms with E-state index in [0.29, 0.717) is 5.92 Å². The van der Waals surface area contributed by atoms with Gasteiger partial charge in [0.05, 0.1) is 0 Å². The normalized spacial score (nSPS) is 27.6. The van der Waals surface area contributed by atoms with E-state index in [0.717, 1.165) is 6.54 Å². The molecule has 0 radical (unpaired) electrons. The number of amides is 1. The number of carbonyl (C=O) groups is 1. The summed E-state index contributed by atoms with van der Waals surface area (Å²) in [5.41, 5.74) is 1.68. The van der Waals surface area contributed by atoms with Gasteiger partial charge in [0.1, 0.15) is 0 Å². The van der Waals surface area contributed by atoms with Gasteiger partial charge in [-0.05, 0) is 23.3 Å². The van der Waals surface area contributed by atoms with Gasteiger partial charge in [0.25, 0.3) is 0 Å². The first-order valence-corrected chi connectivity index (χ1v) is 5.79. The predicted molar refractivity (Wildman–Crippen MR) is 65.2 cm³/mol. The molecule has 1 aliphatic carbocycles. The fourth-order valence-corrected chi connectivity index (χ4v) is 2.44. The highest BCUT2D eigenvalue weighted by Gasteiger charge is 2.51. The van der Waals surface area contributed by atoms with Crippen LogP contribution in [0.2, 0.25) is 0 Å². The van der Waals surface area contributed by atoms with Crippen LogP contribution in [0.3, 0.4) is 0 Å². The Hall–Kier alpha value is -1.31. The molecule has 0 aromatic heterocycles. The van der Waals surface area contributed by atoms with Crippen molar-refractivity contribution in [2.75, 3.05) is 13.6 Å². The number of hydrogen-bond donors (Lipinski definition) is 0. The first kappa shape index (κ1) is 11.2. The van der Waals surface area contributed by atoms with E-state index in [2.05, 4.69) is 31.2 Å². The Morgan fingerprint density at radius 2 is 2.06 bits per heavy atom. The van der Waals surface area contributed by atoms with Crippen LogP contribution in [0.1, 0.15) is 31.7 Å². The van der Waals surface area contributed by atoms with Gasteiger partial charge in [0.2, 0.25) is 5.91 Å². The summed E-state index contributed by atoms with van der Waals surface area (Å²) in [4.78, 5) is 13.0. The molecule has 2 nitrogen and oxygen atoms in total. The van der Waals surface area contributed by atoms with Crippen LogP contribution in [-0.4, -0.2) is 24.4 Å². The standard InChI is InChI=1S/C14H19NO/c1-11(16)15(3)10-14(2)9-13(14)12-7-5-4-6-8-12/h4-8,13H,9-10H2,1-3H3. The Labute approximate surface area is 97.3 Å². The Morgan fingerprint density at radius 1 is 1.44 bits per heavy atom. The molecule has 86 valence electrons. The van der Waals surface area contributed by atoms with Crippen molar-refractivity contribution >= 4 is 5.91 Å². The molecule has 1 aromatic carbocycles. The molecule has 0 bridgehead atoms. The van der Waals surface area contributed by atoms with Gasteiger partial charge >= 0.3 is 0 Å².